The summed E-state index contributed by atoms with van der Waals surface area (Å²) in [6.45, 7) is 8.17. The highest BCUT2D eigenvalue weighted by molar-refractivity contribution is 7.07. The van der Waals surface area contributed by atoms with Crippen LogP contribution in [0.15, 0.2) is 29.2 Å². The van der Waals surface area contributed by atoms with Gasteiger partial charge in [-0.3, -0.25) is 19.2 Å². The minimum Gasteiger partial charge on any atom is -0.340 e. The Balaban J connectivity index is 1.34. The third kappa shape index (κ3) is 8.29. The number of nitrogens with zero attached hydrogens (tertiary/aromatic N) is 6. The Bertz CT molecular complexity index is 1580. The second kappa shape index (κ2) is 15.9. The Morgan fingerprint density at radius 2 is 1.77 bits per heavy atom. The molecule has 258 valence electrons. The summed E-state index contributed by atoms with van der Waals surface area (Å²) in [5, 5.41) is 13.3. The molecule has 1 saturated carbocycles. The molecule has 5 rings (SSSR count). The highest BCUT2D eigenvalue weighted by Gasteiger charge is 2.36. The van der Waals surface area contributed by atoms with E-state index in [1.807, 2.05) is 14.0 Å². The molecule has 3 heterocycles. The first-order valence-corrected chi connectivity index (χ1v) is 17.3. The van der Waals surface area contributed by atoms with Gasteiger partial charge in [0.15, 0.2) is 11.5 Å². The summed E-state index contributed by atoms with van der Waals surface area (Å²) in [5.41, 5.74) is 1.11. The fraction of sp³-hybridized carbons (Fsp3) is 0.576. The van der Waals surface area contributed by atoms with Crippen LogP contribution >= 0.6 is 11.5 Å². The number of piperazine rings is 1. The minimum atomic E-state index is -0.982. The molecule has 2 aromatic heterocycles. The zero-order chi connectivity index (χ0) is 34.4. The molecule has 1 saturated heterocycles. The molecule has 15 heteroatoms. The van der Waals surface area contributed by atoms with Crippen LogP contribution in [0, 0.1) is 17.7 Å². The number of halogens is 1. The van der Waals surface area contributed by atoms with Crippen LogP contribution < -0.4 is 10.6 Å². The molecule has 3 aromatic rings. The standard InChI is InChI=1S/C33H43FN8O5S/c1-5-25-29(40-47-39-25)30(44)38-28(21-8-6-19(2)7-9-21)26(43)17-23-11-10-22(16-24(23)34)20(3)27(37-31(45)32-35-18-36-48-32)33(46)42-14-12-41(4)13-15-42/h10-11,16,18-21,27-28H,5-9,12-15,17H2,1-4H3,(H,37,45)(H,38,44)/t19?,20-,21?,27+,28-/m0/s1. The van der Waals surface area contributed by atoms with E-state index in [2.05, 4.69) is 42.1 Å². The van der Waals surface area contributed by atoms with Gasteiger partial charge in [0, 0.05) is 38.5 Å². The van der Waals surface area contributed by atoms with E-state index in [1.54, 1.807) is 24.0 Å². The molecule has 0 spiro atoms. The molecule has 1 aliphatic heterocycles. The number of Topliss-reactive ketones (excluding diaryl/α,β-unsaturated/α-hetero) is 1. The van der Waals surface area contributed by atoms with Gasteiger partial charge in [0.2, 0.25) is 10.9 Å². The fourth-order valence-corrected chi connectivity index (χ4v) is 6.91. The Labute approximate surface area is 283 Å². The molecular formula is C33H43FN8O5S. The van der Waals surface area contributed by atoms with Crippen molar-refractivity contribution in [1.29, 1.82) is 0 Å². The van der Waals surface area contributed by atoms with Gasteiger partial charge in [-0.15, -0.1) is 0 Å². The van der Waals surface area contributed by atoms with Gasteiger partial charge in [-0.05, 0) is 72.0 Å². The molecule has 13 nitrogen and oxygen atoms in total. The smallest absolute Gasteiger partial charge is 0.282 e. The maximum Gasteiger partial charge on any atom is 0.282 e. The maximum atomic E-state index is 15.8. The van der Waals surface area contributed by atoms with Crippen molar-refractivity contribution < 1.29 is 28.2 Å². The Kier molecular flexibility index (Phi) is 11.6. The number of nitrogens with one attached hydrogen (secondary N) is 2. The molecule has 0 radical (unpaired) electrons. The zero-order valence-electron chi connectivity index (χ0n) is 27.8. The van der Waals surface area contributed by atoms with Gasteiger partial charge in [0.1, 0.15) is 23.9 Å². The van der Waals surface area contributed by atoms with Gasteiger partial charge in [0.25, 0.3) is 11.8 Å². The number of carbonyl (C=O) groups is 4. The van der Waals surface area contributed by atoms with Crippen LogP contribution in [-0.2, 0) is 22.4 Å². The molecule has 48 heavy (non-hydrogen) atoms. The van der Waals surface area contributed by atoms with Crippen molar-refractivity contribution in [2.45, 2.75) is 77.3 Å². The van der Waals surface area contributed by atoms with E-state index in [0.29, 0.717) is 49.8 Å². The SMILES string of the molecule is CCc1nonc1C(=O)N[C@H](C(=O)Cc1ccc([C@H](C)[C@@H](NC(=O)c2ncns2)C(=O)N2CCN(C)CC2)cc1F)C1CCC(C)CC1. The Hall–Kier alpha value is -4.11. The van der Waals surface area contributed by atoms with Crippen molar-refractivity contribution in [3.63, 3.8) is 0 Å². The minimum absolute atomic E-state index is 0.0443. The molecule has 1 aliphatic carbocycles. The van der Waals surface area contributed by atoms with Crippen LogP contribution in [0.3, 0.4) is 0 Å². The molecule has 2 N–H and O–H groups in total. The van der Waals surface area contributed by atoms with Gasteiger partial charge in [0.05, 0.1) is 6.04 Å². The number of amides is 3. The average Bonchev–Trinajstić information content (AvgIpc) is 3.80. The normalized spacial score (nSPS) is 20.5. The maximum absolute atomic E-state index is 15.8. The van der Waals surface area contributed by atoms with Gasteiger partial charge >= 0.3 is 0 Å². The largest absolute Gasteiger partial charge is 0.340 e. The van der Waals surface area contributed by atoms with Gasteiger partial charge in [-0.1, -0.05) is 50.9 Å². The first-order valence-electron chi connectivity index (χ1n) is 16.5. The number of aryl methyl sites for hydroxylation is 1. The van der Waals surface area contributed by atoms with Crippen molar-refractivity contribution in [3.05, 3.63) is 57.9 Å². The number of benzene rings is 1. The quantitative estimate of drug-likeness (QED) is 0.290. The van der Waals surface area contributed by atoms with Crippen LogP contribution in [0.4, 0.5) is 4.39 Å². The Morgan fingerprint density at radius 1 is 1.04 bits per heavy atom. The van der Waals surface area contributed by atoms with Crippen LogP contribution in [-0.4, -0.2) is 98.3 Å². The summed E-state index contributed by atoms with van der Waals surface area (Å²) >= 11 is 0.921. The summed E-state index contributed by atoms with van der Waals surface area (Å²) in [5.74, 6) is -2.41. The third-order valence-corrected chi connectivity index (χ3v) is 10.3. The number of hydrogen-bond donors (Lipinski definition) is 2. The van der Waals surface area contributed by atoms with E-state index in [-0.39, 0.29) is 40.3 Å². The van der Waals surface area contributed by atoms with Crippen molar-refractivity contribution in [2.24, 2.45) is 11.8 Å². The molecule has 0 unspecified atom stereocenters. The van der Waals surface area contributed by atoms with Gasteiger partial charge < -0.3 is 20.4 Å². The summed E-state index contributed by atoms with van der Waals surface area (Å²) in [6.07, 6.45) is 4.87. The number of carbonyl (C=O) groups excluding carboxylic acids is 4. The first kappa shape index (κ1) is 35.2. The predicted molar refractivity (Wildman–Crippen MR) is 175 cm³/mol. The van der Waals surface area contributed by atoms with Crippen LogP contribution in [0.2, 0.25) is 0 Å². The summed E-state index contributed by atoms with van der Waals surface area (Å²) in [6, 6.07) is 2.73. The number of ketones is 1. The topological polar surface area (TPSA) is 164 Å². The van der Waals surface area contributed by atoms with Crippen molar-refractivity contribution in [2.75, 3.05) is 33.2 Å². The lowest BCUT2D eigenvalue weighted by Gasteiger charge is -2.36. The van der Waals surface area contributed by atoms with E-state index in [9.17, 15) is 19.2 Å². The van der Waals surface area contributed by atoms with Crippen molar-refractivity contribution in [1.82, 2.24) is 40.1 Å². The summed E-state index contributed by atoms with van der Waals surface area (Å²) in [4.78, 5) is 61.5. The van der Waals surface area contributed by atoms with Crippen LogP contribution in [0.1, 0.15) is 89.5 Å². The molecule has 0 bridgehead atoms. The number of likely N-dealkylation sites (N-methyl/N-ethyl adjacent to an activating group) is 1. The lowest BCUT2D eigenvalue weighted by atomic mass is 9.77. The third-order valence-electron chi connectivity index (χ3n) is 9.66. The predicted octanol–water partition coefficient (Wildman–Crippen LogP) is 3.04. The molecule has 3 amide bonds. The number of rotatable bonds is 12. The second-order valence-electron chi connectivity index (χ2n) is 13.0. The molecule has 2 aliphatic rings. The van der Waals surface area contributed by atoms with Gasteiger partial charge in [-0.25, -0.2) is 14.0 Å². The van der Waals surface area contributed by atoms with E-state index in [1.165, 1.54) is 12.4 Å². The molecule has 3 atom stereocenters. The van der Waals surface area contributed by atoms with Gasteiger partial charge in [-0.2, -0.15) is 4.37 Å². The van der Waals surface area contributed by atoms with E-state index >= 15 is 4.39 Å². The van der Waals surface area contributed by atoms with E-state index in [4.69, 9.17) is 4.63 Å². The highest BCUT2D eigenvalue weighted by atomic mass is 32.1. The molecule has 1 aromatic carbocycles. The second-order valence-corrected chi connectivity index (χ2v) is 13.8. The van der Waals surface area contributed by atoms with E-state index in [0.717, 1.165) is 37.2 Å². The van der Waals surface area contributed by atoms with Crippen LogP contribution in [0.25, 0.3) is 0 Å². The Morgan fingerprint density at radius 3 is 2.42 bits per heavy atom. The van der Waals surface area contributed by atoms with Crippen molar-refractivity contribution >= 4 is 35.0 Å². The highest BCUT2D eigenvalue weighted by Crippen LogP contribution is 2.32. The monoisotopic (exact) mass is 682 g/mol. The zero-order valence-corrected chi connectivity index (χ0v) is 28.6. The average molecular weight is 683 g/mol. The molecule has 2 fully saturated rings. The van der Waals surface area contributed by atoms with E-state index < -0.39 is 35.6 Å². The number of hydrogen-bond acceptors (Lipinski definition) is 11. The van der Waals surface area contributed by atoms with Crippen LogP contribution in [0.5, 0.6) is 0 Å². The van der Waals surface area contributed by atoms with Crippen molar-refractivity contribution in [3.8, 4) is 0 Å². The summed E-state index contributed by atoms with van der Waals surface area (Å²) < 4.78 is 24.4. The summed E-state index contributed by atoms with van der Waals surface area (Å²) in [7, 11) is 1.98. The molecular weight excluding hydrogens is 639 g/mol. The lowest BCUT2D eigenvalue weighted by Crippen LogP contribution is -2.55. The lowest BCUT2D eigenvalue weighted by molar-refractivity contribution is -0.135. The number of aromatic nitrogens is 4. The first-order chi connectivity index (χ1) is 23.0. The fourth-order valence-electron chi connectivity index (χ4n) is 6.48.